The smallest absolute Gasteiger partial charge is 0.119 e. The third-order valence-corrected chi connectivity index (χ3v) is 2.91. The first-order valence-electron chi connectivity index (χ1n) is 4.72. The number of hydrogen-bond acceptors (Lipinski definition) is 2. The van der Waals surface area contributed by atoms with E-state index in [1.165, 1.54) is 0 Å². The molecule has 14 heavy (non-hydrogen) atoms. The second kappa shape index (κ2) is 2.41. The molecular weight excluding hydrogens is 176 g/mol. The van der Waals surface area contributed by atoms with Gasteiger partial charge in [0.1, 0.15) is 11.5 Å². The summed E-state index contributed by atoms with van der Waals surface area (Å²) in [6.45, 7) is 0. The Kier molecular flexibility index (Phi) is 1.32. The van der Waals surface area contributed by atoms with Crippen LogP contribution in [0.25, 0.3) is 10.8 Å². The van der Waals surface area contributed by atoms with Crippen molar-refractivity contribution in [2.75, 3.05) is 0 Å². The lowest BCUT2D eigenvalue weighted by Crippen LogP contribution is -1.79. The van der Waals surface area contributed by atoms with Gasteiger partial charge in [-0.2, -0.15) is 0 Å². The molecule has 2 aromatic rings. The molecule has 1 aliphatic rings. The van der Waals surface area contributed by atoms with Gasteiger partial charge in [0, 0.05) is 5.56 Å². The van der Waals surface area contributed by atoms with Gasteiger partial charge >= 0.3 is 0 Å². The van der Waals surface area contributed by atoms with Crippen molar-refractivity contribution >= 4 is 10.8 Å². The van der Waals surface area contributed by atoms with Crippen molar-refractivity contribution in [3.05, 3.63) is 35.4 Å². The van der Waals surface area contributed by atoms with Gasteiger partial charge in [0.05, 0.1) is 0 Å². The van der Waals surface area contributed by atoms with Gasteiger partial charge in [0.15, 0.2) is 0 Å². The molecule has 0 bridgehead atoms. The van der Waals surface area contributed by atoms with Crippen LogP contribution in [0.3, 0.4) is 0 Å². The lowest BCUT2D eigenvalue weighted by molar-refractivity contribution is 0.470. The highest BCUT2D eigenvalue weighted by atomic mass is 16.3. The summed E-state index contributed by atoms with van der Waals surface area (Å²) in [5.74, 6) is 0.688. The fraction of sp³-hybridized carbons (Fsp3) is 0.167. The molecule has 2 nitrogen and oxygen atoms in total. The summed E-state index contributed by atoms with van der Waals surface area (Å²) >= 11 is 0. The Morgan fingerprint density at radius 3 is 2.71 bits per heavy atom. The van der Waals surface area contributed by atoms with E-state index < -0.39 is 0 Å². The topological polar surface area (TPSA) is 40.5 Å². The van der Waals surface area contributed by atoms with Gasteiger partial charge in [0.2, 0.25) is 0 Å². The van der Waals surface area contributed by atoms with Crippen LogP contribution in [0, 0.1) is 0 Å². The fourth-order valence-corrected chi connectivity index (χ4v) is 2.32. The molecule has 2 aromatic carbocycles. The minimum Gasteiger partial charge on any atom is -0.508 e. The lowest BCUT2D eigenvalue weighted by atomic mass is 10.0. The Morgan fingerprint density at radius 1 is 1.00 bits per heavy atom. The highest BCUT2D eigenvalue weighted by Crippen LogP contribution is 2.38. The summed E-state index contributed by atoms with van der Waals surface area (Å²) in [6, 6.07) is 7.08. The van der Waals surface area contributed by atoms with Crippen molar-refractivity contribution in [3.8, 4) is 11.5 Å². The van der Waals surface area contributed by atoms with Crippen LogP contribution in [-0.2, 0) is 12.8 Å². The monoisotopic (exact) mass is 186 g/mol. The summed E-state index contributed by atoms with van der Waals surface area (Å²) in [6.07, 6.45) is 1.79. The lowest BCUT2D eigenvalue weighted by Gasteiger charge is -2.04. The van der Waals surface area contributed by atoms with Gasteiger partial charge < -0.3 is 10.2 Å². The quantitative estimate of drug-likeness (QED) is 0.663. The molecule has 0 aliphatic heterocycles. The van der Waals surface area contributed by atoms with E-state index in [2.05, 4.69) is 0 Å². The van der Waals surface area contributed by atoms with Crippen LogP contribution in [0.2, 0.25) is 0 Å². The average molecular weight is 186 g/mol. The molecule has 2 N–H and O–H groups in total. The minimum atomic E-state index is 0.311. The SMILES string of the molecule is Oc1cc2c3c(c(O)ccc3c1)CC2. The zero-order chi connectivity index (χ0) is 9.71. The van der Waals surface area contributed by atoms with Gasteiger partial charge in [-0.3, -0.25) is 0 Å². The molecule has 0 heterocycles. The Morgan fingerprint density at radius 2 is 1.86 bits per heavy atom. The van der Waals surface area contributed by atoms with Crippen LogP contribution >= 0.6 is 0 Å². The van der Waals surface area contributed by atoms with Crippen LogP contribution in [0.4, 0.5) is 0 Å². The molecule has 70 valence electrons. The number of benzene rings is 2. The molecule has 0 saturated heterocycles. The van der Waals surface area contributed by atoms with E-state index in [0.29, 0.717) is 11.5 Å². The van der Waals surface area contributed by atoms with Gasteiger partial charge in [0.25, 0.3) is 0 Å². The van der Waals surface area contributed by atoms with Crippen molar-refractivity contribution in [2.45, 2.75) is 12.8 Å². The predicted octanol–water partition coefficient (Wildman–Crippen LogP) is 2.35. The summed E-state index contributed by atoms with van der Waals surface area (Å²) in [5, 5.41) is 21.3. The van der Waals surface area contributed by atoms with E-state index in [-0.39, 0.29) is 0 Å². The molecule has 1 aliphatic carbocycles. The van der Waals surface area contributed by atoms with Crippen molar-refractivity contribution in [1.29, 1.82) is 0 Å². The Hall–Kier alpha value is -1.70. The average Bonchev–Trinajstić information content (AvgIpc) is 2.56. The Labute approximate surface area is 81.4 Å². The van der Waals surface area contributed by atoms with Crippen molar-refractivity contribution in [1.82, 2.24) is 0 Å². The molecule has 0 atom stereocenters. The Bertz CT molecular complexity index is 529. The van der Waals surface area contributed by atoms with E-state index in [1.807, 2.05) is 6.07 Å². The fourth-order valence-electron chi connectivity index (χ4n) is 2.32. The van der Waals surface area contributed by atoms with Crippen LogP contribution in [0.15, 0.2) is 24.3 Å². The van der Waals surface area contributed by atoms with Gasteiger partial charge in [-0.15, -0.1) is 0 Å². The largest absolute Gasteiger partial charge is 0.508 e. The van der Waals surface area contributed by atoms with Gasteiger partial charge in [-0.1, -0.05) is 6.07 Å². The molecule has 0 saturated carbocycles. The maximum Gasteiger partial charge on any atom is 0.119 e. The van der Waals surface area contributed by atoms with Crippen molar-refractivity contribution in [2.24, 2.45) is 0 Å². The normalized spacial score (nSPS) is 13.7. The second-order valence-corrected chi connectivity index (χ2v) is 3.77. The number of rotatable bonds is 0. The number of aromatic hydroxyl groups is 2. The van der Waals surface area contributed by atoms with E-state index in [1.54, 1.807) is 18.2 Å². The maximum atomic E-state index is 9.65. The molecule has 0 fully saturated rings. The molecule has 0 aromatic heterocycles. The van der Waals surface area contributed by atoms with Gasteiger partial charge in [-0.05, 0) is 47.4 Å². The third kappa shape index (κ3) is 0.854. The van der Waals surface area contributed by atoms with Crippen LogP contribution in [-0.4, -0.2) is 10.2 Å². The highest BCUT2D eigenvalue weighted by Gasteiger charge is 2.17. The highest BCUT2D eigenvalue weighted by molar-refractivity contribution is 5.93. The summed E-state index contributed by atoms with van der Waals surface area (Å²) < 4.78 is 0. The third-order valence-electron chi connectivity index (χ3n) is 2.91. The molecular formula is C12H10O2. The zero-order valence-electron chi connectivity index (χ0n) is 7.62. The van der Waals surface area contributed by atoms with E-state index in [4.69, 9.17) is 0 Å². The van der Waals surface area contributed by atoms with Gasteiger partial charge in [-0.25, -0.2) is 0 Å². The summed E-state index contributed by atoms with van der Waals surface area (Å²) in [4.78, 5) is 0. The molecule has 2 heteroatoms. The molecule has 0 amide bonds. The van der Waals surface area contributed by atoms with Crippen molar-refractivity contribution in [3.63, 3.8) is 0 Å². The van der Waals surface area contributed by atoms with E-state index in [9.17, 15) is 10.2 Å². The molecule has 0 spiro atoms. The summed E-state index contributed by atoms with van der Waals surface area (Å²) in [7, 11) is 0. The second-order valence-electron chi connectivity index (χ2n) is 3.77. The molecule has 3 rings (SSSR count). The first-order valence-corrected chi connectivity index (χ1v) is 4.72. The van der Waals surface area contributed by atoms with Crippen LogP contribution < -0.4 is 0 Å². The number of hydrogen-bond donors (Lipinski definition) is 2. The number of aryl methyl sites for hydroxylation is 2. The number of phenolic OH excluding ortho intramolecular Hbond substituents is 2. The van der Waals surface area contributed by atoms with Crippen LogP contribution in [0.1, 0.15) is 11.1 Å². The summed E-state index contributed by atoms with van der Waals surface area (Å²) in [5.41, 5.74) is 2.17. The van der Waals surface area contributed by atoms with Crippen LogP contribution in [0.5, 0.6) is 11.5 Å². The predicted molar refractivity (Wildman–Crippen MR) is 54.7 cm³/mol. The first-order chi connectivity index (χ1) is 6.75. The molecule has 0 unspecified atom stereocenters. The van der Waals surface area contributed by atoms with E-state index >= 15 is 0 Å². The number of phenols is 2. The van der Waals surface area contributed by atoms with Crippen molar-refractivity contribution < 1.29 is 10.2 Å². The Balaban J connectivity index is 2.52. The minimum absolute atomic E-state index is 0.311. The molecule has 0 radical (unpaired) electrons. The zero-order valence-corrected chi connectivity index (χ0v) is 7.62. The van der Waals surface area contributed by atoms with E-state index in [0.717, 1.165) is 34.7 Å². The first kappa shape index (κ1) is 7.68. The standard InChI is InChI=1S/C12H10O2/c13-9-5-7-1-3-10-11(14)4-2-8(6-9)12(7)10/h2,4-6,13-14H,1,3H2. The maximum absolute atomic E-state index is 9.65.